The molecule has 0 unspecified atom stereocenters. The maximum Gasteiger partial charge on any atom is 0.192 e. The van der Waals surface area contributed by atoms with Gasteiger partial charge in [-0.05, 0) is 48.5 Å². The first-order valence-electron chi connectivity index (χ1n) is 8.70. The minimum Gasteiger partial charge on any atom is -0.409 e. The van der Waals surface area contributed by atoms with Crippen molar-refractivity contribution in [2.75, 3.05) is 0 Å². The van der Waals surface area contributed by atoms with Crippen LogP contribution in [0, 0.1) is 5.92 Å². The molecule has 114 valence electrons. The number of hydrogen-bond donors (Lipinski definition) is 0. The first-order chi connectivity index (χ1) is 10.2. The lowest BCUT2D eigenvalue weighted by molar-refractivity contribution is 0.140. The van der Waals surface area contributed by atoms with Crippen LogP contribution in [0.5, 0.6) is 0 Å². The number of fused-ring (bicyclic) bond motifs is 2. The fraction of sp³-hybridized carbons (Fsp3) is 0.579. The fourth-order valence-electron chi connectivity index (χ4n) is 4.15. The quantitative estimate of drug-likeness (QED) is 0.611. The van der Waals surface area contributed by atoms with E-state index < -0.39 is 8.32 Å². The molecule has 1 aromatic carbocycles. The van der Waals surface area contributed by atoms with Gasteiger partial charge in [0.15, 0.2) is 8.32 Å². The molecule has 2 aliphatic carbocycles. The molecule has 0 radical (unpaired) electrons. The topological polar surface area (TPSA) is 9.23 Å². The van der Waals surface area contributed by atoms with E-state index in [2.05, 4.69) is 51.1 Å². The van der Waals surface area contributed by atoms with E-state index in [0.717, 1.165) is 0 Å². The third-order valence-electron chi connectivity index (χ3n) is 5.78. The van der Waals surface area contributed by atoms with Crippen molar-refractivity contribution in [3.8, 4) is 0 Å². The van der Waals surface area contributed by atoms with E-state index in [1.807, 2.05) is 0 Å². The molecular weight excluding hydrogens is 272 g/mol. The summed E-state index contributed by atoms with van der Waals surface area (Å²) in [4.78, 5) is 0. The molecule has 2 atom stereocenters. The highest BCUT2D eigenvalue weighted by Gasteiger charge is 2.40. The first kappa shape index (κ1) is 15.0. The van der Waals surface area contributed by atoms with Gasteiger partial charge >= 0.3 is 0 Å². The van der Waals surface area contributed by atoms with Crippen LogP contribution in [0.3, 0.4) is 0 Å². The van der Waals surface area contributed by atoms with Crippen LogP contribution in [0.15, 0.2) is 29.8 Å². The van der Waals surface area contributed by atoms with Crippen LogP contribution < -0.4 is 0 Å². The van der Waals surface area contributed by atoms with Crippen molar-refractivity contribution in [2.24, 2.45) is 5.92 Å². The summed E-state index contributed by atoms with van der Waals surface area (Å²) in [5.41, 5.74) is 4.49. The smallest absolute Gasteiger partial charge is 0.192 e. The summed E-state index contributed by atoms with van der Waals surface area (Å²) in [6.07, 6.45) is 6.70. The van der Waals surface area contributed by atoms with E-state index in [1.165, 1.54) is 48.5 Å². The van der Waals surface area contributed by atoms with Gasteiger partial charge in [0, 0.05) is 5.92 Å². The molecule has 0 N–H and O–H groups in total. The molecular formula is C19H28OSi. The Balaban J connectivity index is 1.98. The highest BCUT2D eigenvalue weighted by molar-refractivity contribution is 6.73. The van der Waals surface area contributed by atoms with Crippen molar-refractivity contribution >= 4 is 14.4 Å². The Kier molecular flexibility index (Phi) is 4.37. The van der Waals surface area contributed by atoms with Crippen molar-refractivity contribution in [3.05, 3.63) is 41.0 Å². The number of hydrogen-bond acceptors (Lipinski definition) is 1. The molecule has 2 aliphatic rings. The third kappa shape index (κ3) is 2.64. The van der Waals surface area contributed by atoms with Crippen LogP contribution >= 0.6 is 0 Å². The number of rotatable bonds is 5. The summed E-state index contributed by atoms with van der Waals surface area (Å²) in [6, 6.07) is 12.6. The van der Waals surface area contributed by atoms with Crippen molar-refractivity contribution in [3.63, 3.8) is 0 Å². The van der Waals surface area contributed by atoms with Gasteiger partial charge in [-0.2, -0.15) is 0 Å². The average Bonchev–Trinajstić information content (AvgIpc) is 3.00. The van der Waals surface area contributed by atoms with Crippen LogP contribution in [0.2, 0.25) is 18.1 Å². The summed E-state index contributed by atoms with van der Waals surface area (Å²) in [5, 5.41) is 0. The van der Waals surface area contributed by atoms with Crippen molar-refractivity contribution in [1.82, 2.24) is 0 Å². The normalized spacial score (nSPS) is 24.4. The Bertz CT molecular complexity index is 522. The van der Waals surface area contributed by atoms with E-state index in [-0.39, 0.29) is 0 Å². The van der Waals surface area contributed by atoms with E-state index in [0.29, 0.717) is 12.0 Å². The van der Waals surface area contributed by atoms with Gasteiger partial charge in [-0.3, -0.25) is 0 Å². The minimum atomic E-state index is -1.56. The maximum absolute atomic E-state index is 6.97. The predicted molar refractivity (Wildman–Crippen MR) is 92.8 cm³/mol. The maximum atomic E-state index is 6.97. The lowest BCUT2D eigenvalue weighted by Gasteiger charge is -2.39. The van der Waals surface area contributed by atoms with Crippen LogP contribution in [0.4, 0.5) is 0 Å². The van der Waals surface area contributed by atoms with Crippen molar-refractivity contribution in [2.45, 2.75) is 64.3 Å². The highest BCUT2D eigenvalue weighted by atomic mass is 28.4. The SMILES string of the molecule is CC[Si](CC)(CC)O[C@H]1c2ccccc2C=C2CCC[C@@H]21. The van der Waals surface area contributed by atoms with Gasteiger partial charge in [0.1, 0.15) is 0 Å². The zero-order valence-electron chi connectivity index (χ0n) is 13.7. The van der Waals surface area contributed by atoms with Gasteiger partial charge < -0.3 is 4.43 Å². The largest absolute Gasteiger partial charge is 0.409 e. The van der Waals surface area contributed by atoms with E-state index in [1.54, 1.807) is 5.57 Å². The van der Waals surface area contributed by atoms with Gasteiger partial charge in [-0.25, -0.2) is 0 Å². The molecule has 1 aromatic rings. The predicted octanol–water partition coefficient (Wildman–Crippen LogP) is 5.95. The zero-order chi connectivity index (χ0) is 14.9. The van der Waals surface area contributed by atoms with Gasteiger partial charge in [0.25, 0.3) is 0 Å². The second-order valence-corrected chi connectivity index (χ2v) is 11.4. The second kappa shape index (κ2) is 6.10. The molecule has 0 aliphatic heterocycles. The fourth-order valence-corrected chi connectivity index (χ4v) is 6.98. The summed E-state index contributed by atoms with van der Waals surface area (Å²) < 4.78 is 6.97. The van der Waals surface area contributed by atoms with Crippen LogP contribution in [0.1, 0.15) is 57.3 Å². The van der Waals surface area contributed by atoms with Gasteiger partial charge in [-0.1, -0.05) is 56.7 Å². The molecule has 0 saturated heterocycles. The Morgan fingerprint density at radius 1 is 1.10 bits per heavy atom. The lowest BCUT2D eigenvalue weighted by Crippen LogP contribution is -2.39. The molecule has 1 fully saturated rings. The molecule has 0 bridgehead atoms. The summed E-state index contributed by atoms with van der Waals surface area (Å²) in [5.74, 6) is 0.649. The molecule has 21 heavy (non-hydrogen) atoms. The monoisotopic (exact) mass is 300 g/mol. The van der Waals surface area contributed by atoms with E-state index in [9.17, 15) is 0 Å². The van der Waals surface area contributed by atoms with E-state index >= 15 is 0 Å². The van der Waals surface area contributed by atoms with Crippen LogP contribution in [-0.2, 0) is 4.43 Å². The molecule has 0 heterocycles. The van der Waals surface area contributed by atoms with Gasteiger partial charge in [0.05, 0.1) is 6.10 Å². The Labute approximate surface area is 130 Å². The van der Waals surface area contributed by atoms with Crippen LogP contribution in [0.25, 0.3) is 6.08 Å². The molecule has 0 amide bonds. The molecule has 1 nitrogen and oxygen atoms in total. The summed E-state index contributed by atoms with van der Waals surface area (Å²) in [6.45, 7) is 7.00. The summed E-state index contributed by atoms with van der Waals surface area (Å²) in [7, 11) is -1.56. The van der Waals surface area contributed by atoms with Crippen molar-refractivity contribution in [1.29, 1.82) is 0 Å². The standard InChI is InChI=1S/C19H28OSi/c1-4-21(5-2,6-3)20-19-17-12-8-7-10-15(17)14-16-11-9-13-18(16)19/h7-8,10,12,14,18-19H,4-6,9,11,13H2,1-3H3/t18-,19-/m0/s1. The Morgan fingerprint density at radius 2 is 1.81 bits per heavy atom. The van der Waals surface area contributed by atoms with Gasteiger partial charge in [0.2, 0.25) is 0 Å². The summed E-state index contributed by atoms with van der Waals surface area (Å²) >= 11 is 0. The zero-order valence-corrected chi connectivity index (χ0v) is 14.7. The van der Waals surface area contributed by atoms with Gasteiger partial charge in [-0.15, -0.1) is 0 Å². The highest BCUT2D eigenvalue weighted by Crippen LogP contribution is 2.49. The minimum absolute atomic E-state index is 0.329. The molecule has 3 rings (SSSR count). The van der Waals surface area contributed by atoms with Crippen LogP contribution in [-0.4, -0.2) is 8.32 Å². The van der Waals surface area contributed by atoms with E-state index in [4.69, 9.17) is 4.43 Å². The molecule has 0 aromatic heterocycles. The lowest BCUT2D eigenvalue weighted by atomic mass is 9.83. The second-order valence-electron chi connectivity index (χ2n) is 6.63. The average molecular weight is 301 g/mol. The Hall–Kier alpha value is -0.863. The molecule has 1 saturated carbocycles. The Morgan fingerprint density at radius 3 is 2.52 bits per heavy atom. The number of benzene rings is 1. The molecule has 0 spiro atoms. The molecule has 2 heteroatoms. The first-order valence-corrected chi connectivity index (χ1v) is 11.2. The third-order valence-corrected chi connectivity index (χ3v) is 10.4. The van der Waals surface area contributed by atoms with Crippen molar-refractivity contribution < 1.29 is 4.43 Å².